The van der Waals surface area contributed by atoms with E-state index in [9.17, 15) is 4.79 Å². The first-order chi connectivity index (χ1) is 9.74. The fourth-order valence-electron chi connectivity index (χ4n) is 4.02. The molecular formula is C17H18O3. The van der Waals surface area contributed by atoms with Crippen LogP contribution in [-0.4, -0.2) is 19.0 Å². The highest BCUT2D eigenvalue weighted by molar-refractivity contribution is 5.92. The van der Waals surface area contributed by atoms with Crippen molar-refractivity contribution in [2.75, 3.05) is 7.11 Å². The molecule has 0 fully saturated rings. The number of benzene rings is 1. The first-order valence-corrected chi connectivity index (χ1v) is 7.34. The summed E-state index contributed by atoms with van der Waals surface area (Å²) in [5, 5.41) is 0. The summed E-state index contributed by atoms with van der Waals surface area (Å²) >= 11 is 0. The summed E-state index contributed by atoms with van der Waals surface area (Å²) in [4.78, 5) is 11.8. The minimum Gasteiger partial charge on any atom is -0.493 e. The number of ether oxygens (including phenoxy) is 2. The largest absolute Gasteiger partial charge is 0.493 e. The average Bonchev–Trinajstić information content (AvgIpc) is 2.66. The molecule has 1 aliphatic heterocycles. The Bertz CT molecular complexity index is 617. The molecule has 3 nitrogen and oxygen atoms in total. The van der Waals surface area contributed by atoms with E-state index in [1.807, 2.05) is 6.07 Å². The van der Waals surface area contributed by atoms with Gasteiger partial charge in [-0.2, -0.15) is 0 Å². The minimum atomic E-state index is -0.108. The molecule has 20 heavy (non-hydrogen) atoms. The first-order valence-electron chi connectivity index (χ1n) is 7.34. The van der Waals surface area contributed by atoms with E-state index in [0.717, 1.165) is 24.3 Å². The minimum absolute atomic E-state index is 0.0526. The SMILES string of the molecule is COc1ccc2c3c1O[C@H]1CC(=O)C=C[C@@]31CCCC2. The van der Waals surface area contributed by atoms with Gasteiger partial charge in [0.15, 0.2) is 17.3 Å². The van der Waals surface area contributed by atoms with Gasteiger partial charge in [-0.25, -0.2) is 0 Å². The van der Waals surface area contributed by atoms with Gasteiger partial charge in [0.05, 0.1) is 12.5 Å². The number of ketones is 1. The molecule has 1 heterocycles. The van der Waals surface area contributed by atoms with Gasteiger partial charge >= 0.3 is 0 Å². The van der Waals surface area contributed by atoms with Crippen LogP contribution in [0.25, 0.3) is 0 Å². The van der Waals surface area contributed by atoms with Crippen molar-refractivity contribution in [2.24, 2.45) is 0 Å². The van der Waals surface area contributed by atoms with Crippen molar-refractivity contribution in [1.29, 1.82) is 0 Å². The number of carbonyl (C=O) groups excluding carboxylic acids is 1. The number of hydrogen-bond donors (Lipinski definition) is 0. The lowest BCUT2D eigenvalue weighted by atomic mass is 9.69. The molecular weight excluding hydrogens is 252 g/mol. The Morgan fingerprint density at radius 3 is 3.10 bits per heavy atom. The second-order valence-electron chi connectivity index (χ2n) is 5.99. The standard InChI is InChI=1S/C17H18O3/c1-19-13-6-5-11-4-2-3-8-17-9-7-12(18)10-14(17)20-16(13)15(11)17/h5-7,9,14H,2-4,8,10H2,1H3/t14-,17+/m0/s1. The van der Waals surface area contributed by atoms with Gasteiger partial charge in [-0.05, 0) is 37.0 Å². The van der Waals surface area contributed by atoms with E-state index < -0.39 is 0 Å². The average molecular weight is 270 g/mol. The van der Waals surface area contributed by atoms with Gasteiger partial charge in [0.2, 0.25) is 0 Å². The fraction of sp³-hybridized carbons (Fsp3) is 0.471. The lowest BCUT2D eigenvalue weighted by Gasteiger charge is -2.33. The molecule has 104 valence electrons. The topological polar surface area (TPSA) is 35.5 Å². The summed E-state index contributed by atoms with van der Waals surface area (Å²) in [5.41, 5.74) is 2.53. The highest BCUT2D eigenvalue weighted by Gasteiger charge is 2.52. The lowest BCUT2D eigenvalue weighted by Crippen LogP contribution is -2.40. The fourth-order valence-corrected chi connectivity index (χ4v) is 4.02. The maximum atomic E-state index is 11.8. The number of hydrogen-bond acceptors (Lipinski definition) is 3. The molecule has 1 aromatic carbocycles. The Morgan fingerprint density at radius 2 is 2.25 bits per heavy atom. The maximum absolute atomic E-state index is 11.8. The lowest BCUT2D eigenvalue weighted by molar-refractivity contribution is -0.117. The van der Waals surface area contributed by atoms with Crippen molar-refractivity contribution >= 4 is 5.78 Å². The number of aryl methyl sites for hydroxylation is 1. The van der Waals surface area contributed by atoms with Crippen LogP contribution in [0.15, 0.2) is 24.3 Å². The van der Waals surface area contributed by atoms with E-state index in [0.29, 0.717) is 6.42 Å². The third kappa shape index (κ3) is 1.43. The van der Waals surface area contributed by atoms with Gasteiger partial charge in [-0.15, -0.1) is 0 Å². The van der Waals surface area contributed by atoms with E-state index in [2.05, 4.69) is 12.1 Å². The van der Waals surface area contributed by atoms with Gasteiger partial charge in [-0.1, -0.05) is 18.6 Å². The molecule has 0 unspecified atom stereocenters. The number of allylic oxidation sites excluding steroid dienone is 1. The number of rotatable bonds is 1. The van der Waals surface area contributed by atoms with Crippen molar-refractivity contribution in [3.63, 3.8) is 0 Å². The van der Waals surface area contributed by atoms with Crippen molar-refractivity contribution in [3.05, 3.63) is 35.4 Å². The molecule has 1 spiro atoms. The molecule has 2 aliphatic carbocycles. The highest BCUT2D eigenvalue weighted by Crippen LogP contribution is 2.55. The second-order valence-corrected chi connectivity index (χ2v) is 5.99. The van der Waals surface area contributed by atoms with Crippen molar-refractivity contribution in [3.8, 4) is 11.5 Å². The predicted octanol–water partition coefficient (Wildman–Crippen LogP) is 2.95. The van der Waals surface area contributed by atoms with Crippen LogP contribution in [-0.2, 0) is 16.6 Å². The zero-order chi connectivity index (χ0) is 13.7. The van der Waals surface area contributed by atoms with Crippen LogP contribution in [0.5, 0.6) is 11.5 Å². The zero-order valence-electron chi connectivity index (χ0n) is 11.6. The summed E-state index contributed by atoms with van der Waals surface area (Å²) in [7, 11) is 1.67. The Balaban J connectivity index is 1.98. The molecule has 4 rings (SSSR count). The van der Waals surface area contributed by atoms with Crippen LogP contribution in [0, 0.1) is 0 Å². The molecule has 0 saturated heterocycles. The van der Waals surface area contributed by atoms with Crippen LogP contribution < -0.4 is 9.47 Å². The summed E-state index contributed by atoms with van der Waals surface area (Å²) in [6, 6.07) is 4.16. The van der Waals surface area contributed by atoms with Crippen LogP contribution in [0.2, 0.25) is 0 Å². The van der Waals surface area contributed by atoms with Crippen molar-refractivity contribution in [2.45, 2.75) is 43.6 Å². The van der Waals surface area contributed by atoms with Crippen LogP contribution in [0.3, 0.4) is 0 Å². The van der Waals surface area contributed by atoms with Crippen molar-refractivity contribution in [1.82, 2.24) is 0 Å². The molecule has 1 aromatic rings. The van der Waals surface area contributed by atoms with E-state index in [1.165, 1.54) is 24.0 Å². The van der Waals surface area contributed by atoms with E-state index in [1.54, 1.807) is 13.2 Å². The Labute approximate surface area is 118 Å². The van der Waals surface area contributed by atoms with Crippen molar-refractivity contribution < 1.29 is 14.3 Å². The van der Waals surface area contributed by atoms with E-state index in [-0.39, 0.29) is 17.3 Å². The first kappa shape index (κ1) is 12.0. The predicted molar refractivity (Wildman–Crippen MR) is 75.4 cm³/mol. The van der Waals surface area contributed by atoms with Gasteiger partial charge in [0.25, 0.3) is 0 Å². The van der Waals surface area contributed by atoms with E-state index >= 15 is 0 Å². The normalized spacial score (nSPS) is 30.2. The molecule has 3 aliphatic rings. The summed E-state index contributed by atoms with van der Waals surface area (Å²) in [6.07, 6.45) is 8.81. The van der Waals surface area contributed by atoms with Crippen LogP contribution >= 0.6 is 0 Å². The molecule has 0 bridgehead atoms. The summed E-state index contributed by atoms with van der Waals surface area (Å²) < 4.78 is 11.6. The third-order valence-corrected chi connectivity index (χ3v) is 4.97. The molecule has 0 aromatic heterocycles. The maximum Gasteiger partial charge on any atom is 0.166 e. The zero-order valence-corrected chi connectivity index (χ0v) is 11.6. The summed E-state index contributed by atoms with van der Waals surface area (Å²) in [5.74, 6) is 1.83. The number of carbonyl (C=O) groups is 1. The van der Waals surface area contributed by atoms with Crippen LogP contribution in [0.1, 0.15) is 36.8 Å². The third-order valence-electron chi connectivity index (χ3n) is 4.97. The molecule has 0 N–H and O–H groups in total. The monoisotopic (exact) mass is 270 g/mol. The summed E-state index contributed by atoms with van der Waals surface area (Å²) in [6.45, 7) is 0. The Morgan fingerprint density at radius 1 is 1.35 bits per heavy atom. The highest BCUT2D eigenvalue weighted by atomic mass is 16.5. The molecule has 2 atom stereocenters. The Hall–Kier alpha value is -1.77. The molecule has 0 amide bonds. The smallest absolute Gasteiger partial charge is 0.166 e. The van der Waals surface area contributed by atoms with Gasteiger partial charge in [-0.3, -0.25) is 4.79 Å². The van der Waals surface area contributed by atoms with Gasteiger partial charge in [0.1, 0.15) is 6.10 Å². The van der Waals surface area contributed by atoms with Crippen LogP contribution in [0.4, 0.5) is 0 Å². The van der Waals surface area contributed by atoms with Gasteiger partial charge < -0.3 is 9.47 Å². The Kier molecular flexibility index (Phi) is 2.47. The number of methoxy groups -OCH3 is 1. The molecule has 3 heteroatoms. The molecule has 0 saturated carbocycles. The van der Waals surface area contributed by atoms with E-state index in [4.69, 9.17) is 9.47 Å². The molecule has 0 radical (unpaired) electrons. The second kappa shape index (κ2) is 4.11. The van der Waals surface area contributed by atoms with Gasteiger partial charge in [0, 0.05) is 12.0 Å². The quantitative estimate of drug-likeness (QED) is 0.787.